The van der Waals surface area contributed by atoms with Gasteiger partial charge in [-0.15, -0.1) is 0 Å². The molecule has 1 heterocycles. The molecular weight excluding hydrogens is 414 g/mol. The number of ether oxygens (including phenoxy) is 1. The number of carbonyl (C=O) groups excluding carboxylic acids is 1. The number of phenols is 2. The predicted molar refractivity (Wildman–Crippen MR) is 128 cm³/mol. The number of benzene rings is 4. The molecule has 1 amide bonds. The highest BCUT2D eigenvalue weighted by molar-refractivity contribution is 5.93. The van der Waals surface area contributed by atoms with Crippen LogP contribution in [0, 0.1) is 0 Å². The van der Waals surface area contributed by atoms with Crippen LogP contribution >= 0.6 is 0 Å². The van der Waals surface area contributed by atoms with Crippen LogP contribution in [0.25, 0.3) is 21.9 Å². The zero-order valence-corrected chi connectivity index (χ0v) is 18.2. The highest BCUT2D eigenvalue weighted by Crippen LogP contribution is 2.34. The summed E-state index contributed by atoms with van der Waals surface area (Å²) in [6.07, 6.45) is 2.20. The second-order valence-electron chi connectivity index (χ2n) is 8.40. The fraction of sp³-hybridized carbons (Fsp3) is 0.179. The maximum atomic E-state index is 11.8. The number of carbonyl (C=O) groups is 1. The van der Waals surface area contributed by atoms with Gasteiger partial charge in [0.25, 0.3) is 0 Å². The Labute approximate surface area is 192 Å². The molecule has 0 radical (unpaired) electrons. The largest absolute Gasteiger partial charge is 0.508 e. The number of nitrogens with zero attached hydrogens (tertiary/aromatic N) is 1. The first-order valence-electron chi connectivity index (χ1n) is 11.1. The average Bonchev–Trinajstić information content (AvgIpc) is 3.24. The molecule has 1 fully saturated rings. The molecule has 0 bridgehead atoms. The van der Waals surface area contributed by atoms with Gasteiger partial charge in [-0.25, -0.2) is 0 Å². The Morgan fingerprint density at radius 2 is 1.61 bits per heavy atom. The van der Waals surface area contributed by atoms with Crippen molar-refractivity contribution >= 4 is 16.7 Å². The number of fused-ring (bicyclic) bond motifs is 1. The van der Waals surface area contributed by atoms with Crippen molar-refractivity contribution in [1.29, 1.82) is 0 Å². The minimum absolute atomic E-state index is 0.148. The van der Waals surface area contributed by atoms with Crippen LogP contribution < -0.4 is 4.74 Å². The first kappa shape index (κ1) is 20.9. The van der Waals surface area contributed by atoms with Crippen molar-refractivity contribution in [2.24, 2.45) is 0 Å². The zero-order valence-electron chi connectivity index (χ0n) is 18.2. The molecule has 0 aliphatic carbocycles. The molecule has 1 saturated heterocycles. The molecule has 33 heavy (non-hydrogen) atoms. The van der Waals surface area contributed by atoms with Gasteiger partial charge in [0.15, 0.2) is 6.73 Å². The lowest BCUT2D eigenvalue weighted by Gasteiger charge is -2.17. The van der Waals surface area contributed by atoms with E-state index in [0.29, 0.717) is 12.8 Å². The normalized spacial score (nSPS) is 13.6. The summed E-state index contributed by atoms with van der Waals surface area (Å²) in [5.41, 5.74) is 4.38. The molecular formula is C28H25NO4. The number of hydrogen-bond acceptors (Lipinski definition) is 4. The van der Waals surface area contributed by atoms with Crippen LogP contribution in [0.4, 0.5) is 0 Å². The number of phenolic OH excluding ortho intramolecular Hbond substituents is 2. The van der Waals surface area contributed by atoms with E-state index in [1.807, 2.05) is 48.5 Å². The molecule has 166 valence electrons. The van der Waals surface area contributed by atoms with Crippen molar-refractivity contribution in [3.8, 4) is 28.4 Å². The molecule has 0 unspecified atom stereocenters. The third-order valence-corrected chi connectivity index (χ3v) is 6.16. The number of hydrogen-bond donors (Lipinski definition) is 2. The topological polar surface area (TPSA) is 70.0 Å². The fourth-order valence-corrected chi connectivity index (χ4v) is 4.38. The summed E-state index contributed by atoms with van der Waals surface area (Å²) in [6, 6.07) is 24.7. The quantitative estimate of drug-likeness (QED) is 0.418. The monoisotopic (exact) mass is 439 g/mol. The van der Waals surface area contributed by atoms with E-state index in [-0.39, 0.29) is 24.1 Å². The standard InChI is InChI=1S/C28H25NO4/c30-22-8-5-20(6-9-22)25-13-7-21-17-23(31)10-14-26(21)27(25)16-19-3-11-24(12-4-19)33-18-29-15-1-2-28(29)32/h3-14,17,30-31H,1-2,15-16,18H2. The van der Waals surface area contributed by atoms with Crippen LogP contribution in [0.1, 0.15) is 24.0 Å². The second kappa shape index (κ2) is 8.87. The summed E-state index contributed by atoms with van der Waals surface area (Å²) >= 11 is 0. The molecule has 0 spiro atoms. The molecule has 0 atom stereocenters. The lowest BCUT2D eigenvalue weighted by molar-refractivity contribution is -0.130. The van der Waals surface area contributed by atoms with Crippen LogP contribution in [0.15, 0.2) is 78.9 Å². The Hall–Kier alpha value is -3.99. The van der Waals surface area contributed by atoms with Crippen molar-refractivity contribution in [3.63, 3.8) is 0 Å². The van der Waals surface area contributed by atoms with E-state index in [1.165, 1.54) is 0 Å². The minimum atomic E-state index is 0.148. The molecule has 1 aliphatic rings. The molecule has 4 aromatic carbocycles. The number of likely N-dealkylation sites (tertiary alicyclic amines) is 1. The highest BCUT2D eigenvalue weighted by Gasteiger charge is 2.20. The highest BCUT2D eigenvalue weighted by atomic mass is 16.5. The van der Waals surface area contributed by atoms with E-state index in [2.05, 4.69) is 6.07 Å². The van der Waals surface area contributed by atoms with Gasteiger partial charge < -0.3 is 19.8 Å². The van der Waals surface area contributed by atoms with E-state index in [0.717, 1.165) is 51.7 Å². The van der Waals surface area contributed by atoms with Gasteiger partial charge >= 0.3 is 0 Å². The van der Waals surface area contributed by atoms with Crippen molar-refractivity contribution < 1.29 is 19.7 Å². The first-order valence-corrected chi connectivity index (χ1v) is 11.1. The zero-order chi connectivity index (χ0) is 22.8. The average molecular weight is 440 g/mol. The van der Waals surface area contributed by atoms with Gasteiger partial charge in [-0.05, 0) is 82.3 Å². The van der Waals surface area contributed by atoms with Crippen LogP contribution in [0.2, 0.25) is 0 Å². The van der Waals surface area contributed by atoms with Gasteiger partial charge in [-0.3, -0.25) is 4.79 Å². The summed E-state index contributed by atoms with van der Waals surface area (Å²) in [7, 11) is 0. The number of aromatic hydroxyl groups is 2. The Balaban J connectivity index is 1.44. The van der Waals surface area contributed by atoms with Crippen molar-refractivity contribution in [3.05, 3.63) is 90.0 Å². The first-order chi connectivity index (χ1) is 16.1. The smallest absolute Gasteiger partial charge is 0.225 e. The maximum absolute atomic E-state index is 11.8. The van der Waals surface area contributed by atoms with Crippen molar-refractivity contribution in [2.75, 3.05) is 13.3 Å². The summed E-state index contributed by atoms with van der Waals surface area (Å²) < 4.78 is 5.81. The summed E-state index contributed by atoms with van der Waals surface area (Å²) in [5.74, 6) is 1.36. The Kier molecular flexibility index (Phi) is 5.61. The molecule has 2 N–H and O–H groups in total. The van der Waals surface area contributed by atoms with Crippen LogP contribution in [-0.4, -0.2) is 34.3 Å². The summed E-state index contributed by atoms with van der Waals surface area (Å²) in [6.45, 7) is 1.05. The minimum Gasteiger partial charge on any atom is -0.508 e. The Bertz CT molecular complexity index is 1300. The van der Waals surface area contributed by atoms with Gasteiger partial charge in [0.05, 0.1) is 0 Å². The third-order valence-electron chi connectivity index (χ3n) is 6.16. The summed E-state index contributed by atoms with van der Waals surface area (Å²) in [5, 5.41) is 21.7. The molecule has 0 saturated carbocycles. The van der Waals surface area contributed by atoms with Gasteiger partial charge in [0.1, 0.15) is 17.2 Å². The Morgan fingerprint density at radius 1 is 0.848 bits per heavy atom. The SMILES string of the molecule is O=C1CCCN1COc1ccc(Cc2c(-c3ccc(O)cc3)ccc3cc(O)ccc23)cc1. The lowest BCUT2D eigenvalue weighted by atomic mass is 9.90. The van der Waals surface area contributed by atoms with E-state index in [4.69, 9.17) is 4.74 Å². The Morgan fingerprint density at radius 3 is 2.33 bits per heavy atom. The molecule has 5 heteroatoms. The predicted octanol–water partition coefficient (Wildman–Crippen LogP) is 5.47. The van der Waals surface area contributed by atoms with Gasteiger partial charge in [0.2, 0.25) is 5.91 Å². The molecule has 5 rings (SSSR count). The van der Waals surface area contributed by atoms with Gasteiger partial charge in [-0.2, -0.15) is 0 Å². The lowest BCUT2D eigenvalue weighted by Crippen LogP contribution is -2.28. The number of amides is 1. The van der Waals surface area contributed by atoms with Gasteiger partial charge in [-0.1, -0.05) is 42.5 Å². The molecule has 1 aliphatic heterocycles. The van der Waals surface area contributed by atoms with Crippen molar-refractivity contribution in [2.45, 2.75) is 19.3 Å². The van der Waals surface area contributed by atoms with Crippen LogP contribution in [-0.2, 0) is 11.2 Å². The van der Waals surface area contributed by atoms with Gasteiger partial charge in [0, 0.05) is 13.0 Å². The van der Waals surface area contributed by atoms with Crippen molar-refractivity contribution in [1.82, 2.24) is 4.90 Å². The van der Waals surface area contributed by atoms with Crippen LogP contribution in [0.5, 0.6) is 17.2 Å². The van der Waals surface area contributed by atoms with E-state index in [1.54, 1.807) is 29.2 Å². The third kappa shape index (κ3) is 4.48. The van der Waals surface area contributed by atoms with E-state index < -0.39 is 0 Å². The molecule has 0 aromatic heterocycles. The molecule has 4 aromatic rings. The molecule has 5 nitrogen and oxygen atoms in total. The van der Waals surface area contributed by atoms with E-state index in [9.17, 15) is 15.0 Å². The second-order valence-corrected chi connectivity index (χ2v) is 8.40. The number of rotatable bonds is 6. The van der Waals surface area contributed by atoms with Crippen LogP contribution in [0.3, 0.4) is 0 Å². The van der Waals surface area contributed by atoms with E-state index >= 15 is 0 Å². The summed E-state index contributed by atoms with van der Waals surface area (Å²) in [4.78, 5) is 13.5. The fourth-order valence-electron chi connectivity index (χ4n) is 4.38. The maximum Gasteiger partial charge on any atom is 0.225 e.